The molecule has 0 saturated heterocycles. The molecule has 0 aromatic heterocycles. The second kappa shape index (κ2) is 14.7. The largest absolute Gasteiger partial charge is 0.491 e. The van der Waals surface area contributed by atoms with E-state index in [1.165, 1.54) is 38.5 Å². The van der Waals surface area contributed by atoms with Crippen LogP contribution in [0.4, 0.5) is 11.4 Å². The van der Waals surface area contributed by atoms with Gasteiger partial charge >= 0.3 is 0 Å². The molecule has 0 aliphatic carbocycles. The SMILES string of the molecule is CCCCCCCCOc1c(C#N)c(C#N)c(OCC)c2c1Sc1ccccc1N2CCCCCC. The molecule has 2 aromatic rings. The number of anilines is 2. The van der Waals surface area contributed by atoms with Crippen LogP contribution in [-0.2, 0) is 0 Å². The van der Waals surface area contributed by atoms with Crippen LogP contribution in [-0.4, -0.2) is 19.8 Å². The van der Waals surface area contributed by atoms with Gasteiger partial charge in [0.25, 0.3) is 0 Å². The molecule has 0 unspecified atom stereocenters. The van der Waals surface area contributed by atoms with Crippen molar-refractivity contribution in [2.45, 2.75) is 94.8 Å². The summed E-state index contributed by atoms with van der Waals surface area (Å²) in [6.45, 7) is 8.11. The lowest BCUT2D eigenvalue weighted by atomic mass is 10.0. The van der Waals surface area contributed by atoms with Crippen LogP contribution in [0.5, 0.6) is 11.5 Å². The number of nitrogens with zero attached hydrogens (tertiary/aromatic N) is 3. The minimum Gasteiger partial charge on any atom is -0.491 e. The van der Waals surface area contributed by atoms with E-state index in [1.807, 2.05) is 13.0 Å². The van der Waals surface area contributed by atoms with Crippen molar-refractivity contribution in [2.24, 2.45) is 0 Å². The Hall–Kier alpha value is -2.83. The molecule has 1 heterocycles. The molecule has 2 aromatic carbocycles. The predicted molar refractivity (Wildman–Crippen MR) is 148 cm³/mol. The molecule has 0 saturated carbocycles. The number of rotatable bonds is 15. The van der Waals surface area contributed by atoms with E-state index in [9.17, 15) is 10.5 Å². The normalized spacial score (nSPS) is 11.9. The van der Waals surface area contributed by atoms with E-state index in [2.05, 4.69) is 49.1 Å². The van der Waals surface area contributed by atoms with Gasteiger partial charge in [-0.3, -0.25) is 0 Å². The molecular weight excluding hydrogens is 466 g/mol. The molecule has 0 N–H and O–H groups in total. The molecule has 0 spiro atoms. The number of hydrogen-bond acceptors (Lipinski definition) is 6. The smallest absolute Gasteiger partial charge is 0.163 e. The highest BCUT2D eigenvalue weighted by Crippen LogP contribution is 2.57. The molecule has 1 aliphatic rings. The molecule has 5 nitrogen and oxygen atoms in total. The maximum atomic E-state index is 10.1. The van der Waals surface area contributed by atoms with Crippen molar-refractivity contribution in [3.05, 3.63) is 35.4 Å². The van der Waals surface area contributed by atoms with E-state index in [0.717, 1.165) is 53.4 Å². The monoisotopic (exact) mass is 505 g/mol. The van der Waals surface area contributed by atoms with Gasteiger partial charge < -0.3 is 14.4 Å². The molecule has 192 valence electrons. The minimum atomic E-state index is 0.273. The van der Waals surface area contributed by atoms with E-state index < -0.39 is 0 Å². The van der Waals surface area contributed by atoms with E-state index in [1.54, 1.807) is 11.8 Å². The van der Waals surface area contributed by atoms with Gasteiger partial charge in [-0.25, -0.2) is 0 Å². The van der Waals surface area contributed by atoms with E-state index in [0.29, 0.717) is 24.7 Å². The fraction of sp³-hybridized carbons (Fsp3) is 0.533. The Kier molecular flexibility index (Phi) is 11.3. The van der Waals surface area contributed by atoms with Crippen LogP contribution in [0.2, 0.25) is 0 Å². The summed E-state index contributed by atoms with van der Waals surface area (Å²) < 4.78 is 12.4. The Morgan fingerprint density at radius 1 is 0.778 bits per heavy atom. The fourth-order valence-electron chi connectivity index (χ4n) is 4.63. The van der Waals surface area contributed by atoms with Crippen molar-refractivity contribution >= 4 is 23.1 Å². The molecule has 0 fully saturated rings. The van der Waals surface area contributed by atoms with Crippen LogP contribution in [0.1, 0.15) is 96.1 Å². The average Bonchev–Trinajstić information content (AvgIpc) is 2.90. The molecule has 0 atom stereocenters. The van der Waals surface area contributed by atoms with Crippen LogP contribution in [0.15, 0.2) is 34.1 Å². The highest BCUT2D eigenvalue weighted by Gasteiger charge is 2.34. The van der Waals surface area contributed by atoms with Gasteiger partial charge in [-0.2, -0.15) is 10.5 Å². The third-order valence-electron chi connectivity index (χ3n) is 6.47. The summed E-state index contributed by atoms with van der Waals surface area (Å²) in [6.07, 6.45) is 11.5. The average molecular weight is 506 g/mol. The van der Waals surface area contributed by atoms with Gasteiger partial charge in [0, 0.05) is 11.4 Å². The first-order valence-electron chi connectivity index (χ1n) is 13.6. The molecule has 0 amide bonds. The first-order valence-corrected chi connectivity index (χ1v) is 14.4. The molecule has 36 heavy (non-hydrogen) atoms. The van der Waals surface area contributed by atoms with Gasteiger partial charge in [-0.15, -0.1) is 0 Å². The topological polar surface area (TPSA) is 69.3 Å². The Labute approximate surface area is 221 Å². The third-order valence-corrected chi connectivity index (χ3v) is 7.62. The minimum absolute atomic E-state index is 0.273. The lowest BCUT2D eigenvalue weighted by molar-refractivity contribution is 0.294. The van der Waals surface area contributed by atoms with Gasteiger partial charge in [-0.1, -0.05) is 89.1 Å². The number of para-hydroxylation sites is 1. The Bertz CT molecular complexity index is 1090. The fourth-order valence-corrected chi connectivity index (χ4v) is 5.83. The number of ether oxygens (including phenoxy) is 2. The van der Waals surface area contributed by atoms with Crippen LogP contribution in [0.25, 0.3) is 0 Å². The second-order valence-corrected chi connectivity index (χ2v) is 10.2. The molecule has 1 aliphatic heterocycles. The first-order chi connectivity index (χ1) is 17.7. The maximum absolute atomic E-state index is 10.1. The summed E-state index contributed by atoms with van der Waals surface area (Å²) in [5.74, 6) is 1.02. The summed E-state index contributed by atoms with van der Waals surface area (Å²) in [4.78, 5) is 4.29. The maximum Gasteiger partial charge on any atom is 0.163 e. The molecule has 6 heteroatoms. The van der Waals surface area contributed by atoms with E-state index >= 15 is 0 Å². The number of benzene rings is 2. The van der Waals surface area contributed by atoms with Gasteiger partial charge in [0.1, 0.15) is 29.0 Å². The molecular formula is C30H39N3O2S. The van der Waals surface area contributed by atoms with Gasteiger partial charge in [0.15, 0.2) is 11.5 Å². The quantitative estimate of drug-likeness (QED) is 0.225. The lowest BCUT2D eigenvalue weighted by Crippen LogP contribution is -2.24. The summed E-state index contributed by atoms with van der Waals surface area (Å²) in [5.41, 5.74) is 2.53. The number of unbranched alkanes of at least 4 members (excludes halogenated alkanes) is 8. The van der Waals surface area contributed by atoms with E-state index in [-0.39, 0.29) is 11.1 Å². The lowest BCUT2D eigenvalue weighted by Gasteiger charge is -2.35. The summed E-state index contributed by atoms with van der Waals surface area (Å²) in [5, 5.41) is 20.3. The second-order valence-electron chi connectivity index (χ2n) is 9.14. The Balaban J connectivity index is 2.04. The highest BCUT2D eigenvalue weighted by molar-refractivity contribution is 7.99. The zero-order chi connectivity index (χ0) is 25.8. The van der Waals surface area contributed by atoms with Gasteiger partial charge in [0.05, 0.1) is 23.8 Å². The van der Waals surface area contributed by atoms with Crippen molar-refractivity contribution in [3.8, 4) is 23.6 Å². The Morgan fingerprint density at radius 3 is 2.11 bits per heavy atom. The highest BCUT2D eigenvalue weighted by atomic mass is 32.2. The molecule has 0 radical (unpaired) electrons. The van der Waals surface area contributed by atoms with Crippen molar-refractivity contribution in [1.29, 1.82) is 10.5 Å². The molecule has 0 bridgehead atoms. The predicted octanol–water partition coefficient (Wildman–Crippen LogP) is 8.75. The van der Waals surface area contributed by atoms with Gasteiger partial charge in [0.2, 0.25) is 0 Å². The zero-order valence-electron chi connectivity index (χ0n) is 22.1. The van der Waals surface area contributed by atoms with Crippen molar-refractivity contribution in [1.82, 2.24) is 0 Å². The van der Waals surface area contributed by atoms with Crippen molar-refractivity contribution in [3.63, 3.8) is 0 Å². The zero-order valence-corrected chi connectivity index (χ0v) is 22.9. The standard InChI is InChI=1S/C30H39N3O2S/c1-4-7-9-11-12-16-20-35-29-24(22-32)23(21-31)28(34-6-3)27-30(29)36-26-18-14-13-17-25(26)33(27)19-15-10-8-5-2/h13-14,17-18H,4-12,15-16,19-20H2,1-3H3. The first kappa shape index (κ1) is 27.8. The number of fused-ring (bicyclic) bond motifs is 2. The summed E-state index contributed by atoms with van der Waals surface area (Å²) >= 11 is 1.61. The van der Waals surface area contributed by atoms with E-state index in [4.69, 9.17) is 9.47 Å². The summed E-state index contributed by atoms with van der Waals surface area (Å²) in [7, 11) is 0. The van der Waals surface area contributed by atoms with Crippen LogP contribution >= 0.6 is 11.8 Å². The van der Waals surface area contributed by atoms with Crippen LogP contribution in [0, 0.1) is 22.7 Å². The third kappa shape index (κ3) is 6.48. The van der Waals surface area contributed by atoms with Crippen LogP contribution in [0.3, 0.4) is 0 Å². The Morgan fingerprint density at radius 2 is 1.42 bits per heavy atom. The van der Waals surface area contributed by atoms with Crippen LogP contribution < -0.4 is 14.4 Å². The number of hydrogen-bond donors (Lipinski definition) is 0. The van der Waals surface area contributed by atoms with Crippen molar-refractivity contribution in [2.75, 3.05) is 24.7 Å². The summed E-state index contributed by atoms with van der Waals surface area (Å²) in [6, 6.07) is 12.9. The number of nitriles is 2. The molecule has 3 rings (SSSR count). The van der Waals surface area contributed by atoms with Crippen molar-refractivity contribution < 1.29 is 9.47 Å². The van der Waals surface area contributed by atoms with Gasteiger partial charge in [-0.05, 0) is 31.9 Å².